The molecule has 1 aliphatic rings. The van der Waals surface area contributed by atoms with E-state index >= 15 is 0 Å². The number of rotatable bonds is 3. The molecule has 3 rings (SSSR count). The minimum absolute atomic E-state index is 0.0302. The molecule has 0 saturated heterocycles. The fraction of sp³-hybridized carbons (Fsp3) is 0.357. The maximum atomic E-state index is 11.5. The number of hydrogen-bond donors (Lipinski definition) is 0. The lowest BCUT2D eigenvalue weighted by atomic mass is 10.1. The van der Waals surface area contributed by atoms with E-state index in [-0.39, 0.29) is 5.82 Å². The highest BCUT2D eigenvalue weighted by molar-refractivity contribution is 5.85. The third-order valence-electron chi connectivity index (χ3n) is 3.23. The minimum Gasteiger partial charge on any atom is -0.460 e. The third-order valence-corrected chi connectivity index (χ3v) is 3.23. The molecule has 0 unspecified atom stereocenters. The molecule has 1 aliphatic carbocycles. The Bertz CT molecular complexity index is 619. The number of fused-ring (bicyclic) bond motifs is 1. The Labute approximate surface area is 110 Å². The van der Waals surface area contributed by atoms with Crippen molar-refractivity contribution >= 4 is 5.97 Å². The molecule has 0 spiro atoms. The van der Waals surface area contributed by atoms with E-state index in [4.69, 9.17) is 9.26 Å². The standard InChI is InChI=1S/C14H14N2O3/c1-2-18-14(17)12-15-13(19-16-12)11-7-6-9-4-3-5-10(9)8-11/h6-8H,2-5H2,1H3. The molecule has 1 aromatic carbocycles. The predicted octanol–water partition coefficient (Wildman–Crippen LogP) is 2.40. The molecule has 0 bridgehead atoms. The van der Waals surface area contributed by atoms with Crippen molar-refractivity contribution in [3.05, 3.63) is 35.2 Å². The van der Waals surface area contributed by atoms with Gasteiger partial charge in [0, 0.05) is 5.56 Å². The van der Waals surface area contributed by atoms with E-state index in [1.807, 2.05) is 6.07 Å². The van der Waals surface area contributed by atoms with Crippen molar-refractivity contribution in [2.45, 2.75) is 26.2 Å². The summed E-state index contributed by atoms with van der Waals surface area (Å²) >= 11 is 0. The van der Waals surface area contributed by atoms with E-state index < -0.39 is 5.97 Å². The molecule has 19 heavy (non-hydrogen) atoms. The second kappa shape index (κ2) is 4.84. The summed E-state index contributed by atoms with van der Waals surface area (Å²) in [6.45, 7) is 2.03. The summed E-state index contributed by atoms with van der Waals surface area (Å²) in [5.41, 5.74) is 3.56. The van der Waals surface area contributed by atoms with Gasteiger partial charge in [-0.15, -0.1) is 0 Å². The maximum absolute atomic E-state index is 11.5. The zero-order chi connectivity index (χ0) is 13.2. The zero-order valence-electron chi connectivity index (χ0n) is 10.7. The first-order valence-electron chi connectivity index (χ1n) is 6.41. The number of ether oxygens (including phenoxy) is 1. The average molecular weight is 258 g/mol. The van der Waals surface area contributed by atoms with Crippen LogP contribution in [0.25, 0.3) is 11.5 Å². The lowest BCUT2D eigenvalue weighted by molar-refractivity contribution is 0.0508. The highest BCUT2D eigenvalue weighted by Crippen LogP contribution is 2.27. The molecule has 0 radical (unpaired) electrons. The Kier molecular flexibility index (Phi) is 3.03. The number of aryl methyl sites for hydroxylation is 2. The summed E-state index contributed by atoms with van der Waals surface area (Å²) in [6.07, 6.45) is 3.41. The SMILES string of the molecule is CCOC(=O)c1noc(-c2ccc3c(c2)CCC3)n1. The van der Waals surface area contributed by atoms with Gasteiger partial charge < -0.3 is 9.26 Å². The quantitative estimate of drug-likeness (QED) is 0.791. The first kappa shape index (κ1) is 11.9. The zero-order valence-corrected chi connectivity index (χ0v) is 10.7. The molecule has 0 amide bonds. The first-order chi connectivity index (χ1) is 9.28. The average Bonchev–Trinajstić information content (AvgIpc) is 3.07. The molecule has 0 saturated carbocycles. The van der Waals surface area contributed by atoms with Crippen LogP contribution in [0.3, 0.4) is 0 Å². The lowest BCUT2D eigenvalue weighted by Gasteiger charge is -2.00. The molecule has 0 atom stereocenters. The van der Waals surface area contributed by atoms with Crippen molar-refractivity contribution in [3.8, 4) is 11.5 Å². The van der Waals surface area contributed by atoms with E-state index in [2.05, 4.69) is 22.3 Å². The van der Waals surface area contributed by atoms with Crippen LogP contribution in [0, 0.1) is 0 Å². The van der Waals surface area contributed by atoms with Gasteiger partial charge in [0.05, 0.1) is 6.61 Å². The summed E-state index contributed by atoms with van der Waals surface area (Å²) in [4.78, 5) is 15.5. The van der Waals surface area contributed by atoms with E-state index in [0.29, 0.717) is 12.5 Å². The van der Waals surface area contributed by atoms with Crippen LogP contribution >= 0.6 is 0 Å². The van der Waals surface area contributed by atoms with Crippen molar-refractivity contribution in [3.63, 3.8) is 0 Å². The van der Waals surface area contributed by atoms with Gasteiger partial charge in [-0.05, 0) is 54.6 Å². The minimum atomic E-state index is -0.557. The first-order valence-corrected chi connectivity index (χ1v) is 6.41. The Hall–Kier alpha value is -2.17. The van der Waals surface area contributed by atoms with Crippen LogP contribution in [0.5, 0.6) is 0 Å². The number of benzene rings is 1. The normalized spacial score (nSPS) is 13.3. The maximum Gasteiger partial charge on any atom is 0.379 e. The smallest absolute Gasteiger partial charge is 0.379 e. The Morgan fingerprint density at radius 2 is 2.21 bits per heavy atom. The molecule has 5 heteroatoms. The highest BCUT2D eigenvalue weighted by Gasteiger charge is 2.18. The monoisotopic (exact) mass is 258 g/mol. The second-order valence-corrected chi connectivity index (χ2v) is 4.48. The molecule has 1 aromatic heterocycles. The van der Waals surface area contributed by atoms with Crippen molar-refractivity contribution in [1.82, 2.24) is 10.1 Å². The van der Waals surface area contributed by atoms with E-state index in [9.17, 15) is 4.79 Å². The summed E-state index contributed by atoms with van der Waals surface area (Å²) in [5, 5.41) is 3.64. The number of nitrogens with zero attached hydrogens (tertiary/aromatic N) is 2. The van der Waals surface area contributed by atoms with Crippen molar-refractivity contribution in [2.24, 2.45) is 0 Å². The van der Waals surface area contributed by atoms with Gasteiger partial charge in [0.15, 0.2) is 0 Å². The number of aromatic nitrogens is 2. The van der Waals surface area contributed by atoms with Gasteiger partial charge in [-0.25, -0.2) is 4.79 Å². The second-order valence-electron chi connectivity index (χ2n) is 4.48. The van der Waals surface area contributed by atoms with Crippen LogP contribution in [-0.4, -0.2) is 22.7 Å². The van der Waals surface area contributed by atoms with Gasteiger partial charge in [-0.2, -0.15) is 4.98 Å². The lowest BCUT2D eigenvalue weighted by Crippen LogP contribution is -2.06. The van der Waals surface area contributed by atoms with Gasteiger partial charge in [0.1, 0.15) is 0 Å². The van der Waals surface area contributed by atoms with Crippen LogP contribution < -0.4 is 0 Å². The van der Waals surface area contributed by atoms with Crippen LogP contribution in [0.15, 0.2) is 22.7 Å². The van der Waals surface area contributed by atoms with Gasteiger partial charge >= 0.3 is 5.97 Å². The Balaban J connectivity index is 1.88. The van der Waals surface area contributed by atoms with Gasteiger partial charge in [-0.1, -0.05) is 6.07 Å². The van der Waals surface area contributed by atoms with Gasteiger partial charge in [0.2, 0.25) is 0 Å². The Morgan fingerprint density at radius 1 is 1.37 bits per heavy atom. The molecule has 0 N–H and O–H groups in total. The number of esters is 1. The van der Waals surface area contributed by atoms with Gasteiger partial charge in [0.25, 0.3) is 11.7 Å². The molecule has 98 valence electrons. The largest absolute Gasteiger partial charge is 0.460 e. The van der Waals surface area contributed by atoms with Crippen LogP contribution in [0.2, 0.25) is 0 Å². The van der Waals surface area contributed by atoms with E-state index in [0.717, 1.165) is 18.4 Å². The van der Waals surface area contributed by atoms with Gasteiger partial charge in [-0.3, -0.25) is 0 Å². The highest BCUT2D eigenvalue weighted by atomic mass is 16.5. The molecule has 5 nitrogen and oxygen atoms in total. The van der Waals surface area contributed by atoms with Crippen molar-refractivity contribution in [1.29, 1.82) is 0 Å². The summed E-state index contributed by atoms with van der Waals surface area (Å²) in [6, 6.07) is 6.10. The van der Waals surface area contributed by atoms with Crippen molar-refractivity contribution < 1.29 is 14.1 Å². The fourth-order valence-corrected chi connectivity index (χ4v) is 2.32. The predicted molar refractivity (Wildman–Crippen MR) is 67.7 cm³/mol. The molecule has 2 aromatic rings. The fourth-order valence-electron chi connectivity index (χ4n) is 2.32. The summed E-state index contributed by atoms with van der Waals surface area (Å²) in [7, 11) is 0. The van der Waals surface area contributed by atoms with Crippen LogP contribution in [-0.2, 0) is 17.6 Å². The van der Waals surface area contributed by atoms with E-state index in [1.165, 1.54) is 17.5 Å². The molecule has 1 heterocycles. The topological polar surface area (TPSA) is 65.2 Å². The van der Waals surface area contributed by atoms with Crippen LogP contribution in [0.1, 0.15) is 35.1 Å². The van der Waals surface area contributed by atoms with Crippen LogP contribution in [0.4, 0.5) is 0 Å². The molecular formula is C14H14N2O3. The number of carbonyl (C=O) groups is 1. The number of carbonyl (C=O) groups excluding carboxylic acids is 1. The molecule has 0 aliphatic heterocycles. The summed E-state index contributed by atoms with van der Waals surface area (Å²) < 4.78 is 9.94. The molecular weight excluding hydrogens is 244 g/mol. The van der Waals surface area contributed by atoms with E-state index in [1.54, 1.807) is 6.92 Å². The number of hydrogen-bond acceptors (Lipinski definition) is 5. The Morgan fingerprint density at radius 3 is 3.05 bits per heavy atom. The summed E-state index contributed by atoms with van der Waals surface area (Å²) in [5.74, 6) is -0.228. The molecule has 0 fully saturated rings. The third kappa shape index (κ3) is 2.23. The van der Waals surface area contributed by atoms with Crippen molar-refractivity contribution in [2.75, 3.05) is 6.61 Å².